The van der Waals surface area contributed by atoms with E-state index in [2.05, 4.69) is 24.7 Å². The van der Waals surface area contributed by atoms with Crippen LogP contribution in [0.3, 0.4) is 0 Å². The van der Waals surface area contributed by atoms with Crippen molar-refractivity contribution in [2.75, 3.05) is 6.61 Å². The lowest BCUT2D eigenvalue weighted by Gasteiger charge is -2.11. The quantitative estimate of drug-likeness (QED) is 0.592. The molecular weight excluding hydrogens is 328 g/mol. The molecule has 26 heavy (non-hydrogen) atoms. The summed E-state index contributed by atoms with van der Waals surface area (Å²) in [4.78, 5) is 23.4. The van der Waals surface area contributed by atoms with Gasteiger partial charge in [-0.15, -0.1) is 0 Å². The summed E-state index contributed by atoms with van der Waals surface area (Å²) < 4.78 is 5.42. The highest BCUT2D eigenvalue weighted by atomic mass is 16.5. The Kier molecular flexibility index (Phi) is 7.43. The smallest absolute Gasteiger partial charge is 0.276 e. The number of hydrogen-bond donors (Lipinski definition) is 2. The number of rotatable bonds is 7. The van der Waals surface area contributed by atoms with Crippen LogP contribution in [0.25, 0.3) is 6.08 Å². The zero-order valence-corrected chi connectivity index (χ0v) is 15.1. The minimum absolute atomic E-state index is 0.175. The van der Waals surface area contributed by atoms with Crippen LogP contribution in [0, 0.1) is 0 Å². The molecule has 2 amide bonds. The molecule has 2 aromatic rings. The number of carbonyl (C=O) groups is 2. The van der Waals surface area contributed by atoms with Crippen LogP contribution in [0.1, 0.15) is 37.3 Å². The number of ether oxygens (including phenoxy) is 1. The van der Waals surface area contributed by atoms with Gasteiger partial charge in [-0.3, -0.25) is 20.4 Å². The van der Waals surface area contributed by atoms with Crippen molar-refractivity contribution in [1.29, 1.82) is 0 Å². The van der Waals surface area contributed by atoms with Gasteiger partial charge in [0.05, 0.1) is 0 Å². The van der Waals surface area contributed by atoms with E-state index in [0.717, 1.165) is 12.0 Å². The number of carbonyl (C=O) groups excluding carboxylic acids is 2. The molecule has 0 radical (unpaired) electrons. The summed E-state index contributed by atoms with van der Waals surface area (Å²) >= 11 is 0. The molecule has 136 valence electrons. The summed E-state index contributed by atoms with van der Waals surface area (Å²) in [7, 11) is 0. The maximum atomic E-state index is 11.7. The Morgan fingerprint density at radius 1 is 1.04 bits per heavy atom. The van der Waals surface area contributed by atoms with Crippen molar-refractivity contribution in [2.45, 2.75) is 26.2 Å². The van der Waals surface area contributed by atoms with Crippen LogP contribution in [-0.4, -0.2) is 18.4 Å². The molecule has 2 aromatic carbocycles. The fourth-order valence-electron chi connectivity index (χ4n) is 2.22. The first-order valence-electron chi connectivity index (χ1n) is 8.63. The molecule has 1 unspecified atom stereocenters. The number of hydrogen-bond acceptors (Lipinski definition) is 3. The lowest BCUT2D eigenvalue weighted by Crippen LogP contribution is -2.43. The SMILES string of the molecule is CCC(C)c1ccc(OCC(=O)NNC(=O)C=Cc2ccccc2)cc1. The summed E-state index contributed by atoms with van der Waals surface area (Å²) in [5.41, 5.74) is 6.77. The van der Waals surface area contributed by atoms with E-state index in [-0.39, 0.29) is 6.61 Å². The highest BCUT2D eigenvalue weighted by molar-refractivity contribution is 5.93. The third-order valence-electron chi connectivity index (χ3n) is 3.98. The van der Waals surface area contributed by atoms with Gasteiger partial charge in [-0.2, -0.15) is 0 Å². The Hall–Kier alpha value is -3.08. The second-order valence-corrected chi connectivity index (χ2v) is 5.95. The Bertz CT molecular complexity index is 740. The molecule has 0 fully saturated rings. The molecule has 5 nitrogen and oxygen atoms in total. The van der Waals surface area contributed by atoms with E-state index in [1.807, 2.05) is 54.6 Å². The van der Waals surface area contributed by atoms with Crippen molar-refractivity contribution < 1.29 is 14.3 Å². The van der Waals surface area contributed by atoms with E-state index < -0.39 is 11.8 Å². The minimum Gasteiger partial charge on any atom is -0.484 e. The van der Waals surface area contributed by atoms with Gasteiger partial charge in [0.1, 0.15) is 5.75 Å². The van der Waals surface area contributed by atoms with Gasteiger partial charge in [-0.05, 0) is 41.7 Å². The van der Waals surface area contributed by atoms with Gasteiger partial charge in [-0.25, -0.2) is 0 Å². The maximum absolute atomic E-state index is 11.7. The highest BCUT2D eigenvalue weighted by Crippen LogP contribution is 2.21. The van der Waals surface area contributed by atoms with Crippen molar-refractivity contribution in [1.82, 2.24) is 10.9 Å². The van der Waals surface area contributed by atoms with E-state index in [4.69, 9.17) is 4.74 Å². The number of amides is 2. The van der Waals surface area contributed by atoms with E-state index in [9.17, 15) is 9.59 Å². The highest BCUT2D eigenvalue weighted by Gasteiger charge is 2.06. The van der Waals surface area contributed by atoms with Crippen LogP contribution in [-0.2, 0) is 9.59 Å². The lowest BCUT2D eigenvalue weighted by molar-refractivity contribution is -0.128. The second kappa shape index (κ2) is 10.0. The summed E-state index contributed by atoms with van der Waals surface area (Å²) in [6, 6.07) is 17.1. The van der Waals surface area contributed by atoms with Crippen LogP contribution in [0.2, 0.25) is 0 Å². The number of hydrazine groups is 1. The predicted molar refractivity (Wildman–Crippen MR) is 102 cm³/mol. The number of nitrogens with one attached hydrogen (secondary N) is 2. The average molecular weight is 352 g/mol. The summed E-state index contributed by atoms with van der Waals surface area (Å²) in [6.45, 7) is 4.13. The third-order valence-corrected chi connectivity index (χ3v) is 3.98. The van der Waals surface area contributed by atoms with Gasteiger partial charge in [0.25, 0.3) is 11.8 Å². The molecule has 0 bridgehead atoms. The van der Waals surface area contributed by atoms with Crippen molar-refractivity contribution >= 4 is 17.9 Å². The maximum Gasteiger partial charge on any atom is 0.276 e. The normalized spacial score (nSPS) is 11.8. The lowest BCUT2D eigenvalue weighted by atomic mass is 9.99. The van der Waals surface area contributed by atoms with Crippen molar-refractivity contribution in [3.8, 4) is 5.75 Å². The Morgan fingerprint density at radius 2 is 1.73 bits per heavy atom. The van der Waals surface area contributed by atoms with Crippen molar-refractivity contribution in [3.63, 3.8) is 0 Å². The second-order valence-electron chi connectivity index (χ2n) is 5.95. The fraction of sp³-hybridized carbons (Fsp3) is 0.238. The Balaban J connectivity index is 1.71. The van der Waals surface area contributed by atoms with Gasteiger partial charge >= 0.3 is 0 Å². The predicted octanol–water partition coefficient (Wildman–Crippen LogP) is 3.44. The monoisotopic (exact) mass is 352 g/mol. The van der Waals surface area contributed by atoms with Crippen molar-refractivity contribution in [3.05, 3.63) is 71.8 Å². The van der Waals surface area contributed by atoms with Crippen LogP contribution >= 0.6 is 0 Å². The molecule has 5 heteroatoms. The first kappa shape index (κ1) is 19.2. The molecule has 0 saturated carbocycles. The van der Waals surface area contributed by atoms with E-state index in [1.165, 1.54) is 11.6 Å². The van der Waals surface area contributed by atoms with Crippen LogP contribution in [0.5, 0.6) is 5.75 Å². The van der Waals surface area contributed by atoms with Crippen molar-refractivity contribution in [2.24, 2.45) is 0 Å². The average Bonchev–Trinajstić information content (AvgIpc) is 2.69. The van der Waals surface area contributed by atoms with Gasteiger partial charge in [0.2, 0.25) is 0 Å². The zero-order valence-electron chi connectivity index (χ0n) is 15.1. The molecule has 2 N–H and O–H groups in total. The van der Waals surface area contributed by atoms with Gasteiger partial charge in [0, 0.05) is 6.08 Å². The first-order valence-corrected chi connectivity index (χ1v) is 8.63. The van der Waals surface area contributed by atoms with Crippen LogP contribution in [0.4, 0.5) is 0 Å². The standard InChI is InChI=1S/C21H24N2O3/c1-3-16(2)18-10-12-19(13-11-18)26-15-21(25)23-22-20(24)14-9-17-7-5-4-6-8-17/h4-14,16H,3,15H2,1-2H3,(H,22,24)(H,23,25). The summed E-state index contributed by atoms with van der Waals surface area (Å²) in [5.74, 6) is 0.256. The molecule has 2 rings (SSSR count). The third kappa shape index (κ3) is 6.43. The fourth-order valence-corrected chi connectivity index (χ4v) is 2.22. The minimum atomic E-state index is -0.433. The van der Waals surface area contributed by atoms with Crippen LogP contribution in [0.15, 0.2) is 60.7 Å². The van der Waals surface area contributed by atoms with Gasteiger partial charge in [-0.1, -0.05) is 56.3 Å². The molecule has 0 spiro atoms. The molecule has 0 aliphatic heterocycles. The molecule has 1 atom stereocenters. The van der Waals surface area contributed by atoms with Crippen LogP contribution < -0.4 is 15.6 Å². The van der Waals surface area contributed by atoms with E-state index >= 15 is 0 Å². The first-order chi connectivity index (χ1) is 12.6. The Morgan fingerprint density at radius 3 is 2.38 bits per heavy atom. The topological polar surface area (TPSA) is 67.4 Å². The molecule has 0 aliphatic carbocycles. The Labute approximate surface area is 154 Å². The largest absolute Gasteiger partial charge is 0.484 e. The zero-order chi connectivity index (χ0) is 18.8. The molecule has 0 saturated heterocycles. The molecule has 0 aromatic heterocycles. The molecule has 0 aliphatic rings. The molecule has 0 heterocycles. The summed E-state index contributed by atoms with van der Waals surface area (Å²) in [5, 5.41) is 0. The van der Waals surface area contributed by atoms with Gasteiger partial charge < -0.3 is 4.74 Å². The van der Waals surface area contributed by atoms with Gasteiger partial charge in [0.15, 0.2) is 6.61 Å². The van der Waals surface area contributed by atoms with E-state index in [0.29, 0.717) is 11.7 Å². The number of benzene rings is 2. The molecular formula is C21H24N2O3. The van der Waals surface area contributed by atoms with E-state index in [1.54, 1.807) is 6.08 Å². The summed E-state index contributed by atoms with van der Waals surface area (Å²) in [6.07, 6.45) is 4.09.